The van der Waals surface area contributed by atoms with Crippen LogP contribution in [-0.4, -0.2) is 260 Å². The van der Waals surface area contributed by atoms with Crippen molar-refractivity contribution in [2.24, 2.45) is 17.6 Å². The molecule has 1 fully saturated rings. The van der Waals surface area contributed by atoms with Gasteiger partial charge in [-0.2, -0.15) is 0 Å². The number of aliphatic carboxylic acids is 1. The highest BCUT2D eigenvalue weighted by Gasteiger charge is 2.41. The monoisotopic (exact) mass is 1650 g/mol. The fraction of sp³-hybridized carbons (Fsp3) is 0.440. The first kappa shape index (κ1) is 92.8. The van der Waals surface area contributed by atoms with Gasteiger partial charge < -0.3 is 93.1 Å². The topological polar surface area (TPSA) is 471 Å². The quantitative estimate of drug-likeness (QED) is 0.0487. The number of unbranched alkanes of at least 4 members (excludes halogenated alkanes) is 1. The smallest absolute Gasteiger partial charge is 0.305 e. The van der Waals surface area contributed by atoms with Gasteiger partial charge in [0.1, 0.15) is 71.9 Å². The van der Waals surface area contributed by atoms with Gasteiger partial charge in [0.2, 0.25) is 82.7 Å². The summed E-state index contributed by atoms with van der Waals surface area (Å²) < 4.78 is 0. The molecule has 0 spiro atoms. The van der Waals surface area contributed by atoms with Crippen LogP contribution < -0.4 is 48.3 Å². The molecule has 6 aromatic rings. The van der Waals surface area contributed by atoms with Gasteiger partial charge in [0.15, 0.2) is 0 Å². The summed E-state index contributed by atoms with van der Waals surface area (Å²) in [6, 6.07) is 20.4. The molecule has 0 unspecified atom stereocenters. The highest BCUT2D eigenvalue weighted by Crippen LogP contribution is 2.24. The van der Waals surface area contributed by atoms with E-state index in [-0.39, 0.29) is 68.1 Å². The number of carbonyl (C=O) groups is 15. The normalized spacial score (nSPS) is 22.0. The van der Waals surface area contributed by atoms with Crippen molar-refractivity contribution in [1.29, 1.82) is 0 Å². The zero-order valence-corrected chi connectivity index (χ0v) is 68.8. The van der Waals surface area contributed by atoms with Crippen LogP contribution in [0.5, 0.6) is 11.5 Å². The summed E-state index contributed by atoms with van der Waals surface area (Å²) >= 11 is 0.858. The zero-order chi connectivity index (χ0) is 86.6. The molecule has 1 aliphatic heterocycles. The van der Waals surface area contributed by atoms with Gasteiger partial charge in [0, 0.05) is 90.2 Å². The largest absolute Gasteiger partial charge is 0.508 e. The summed E-state index contributed by atoms with van der Waals surface area (Å²) in [4.78, 5) is 226. The number of aromatic nitrogens is 1. The second-order valence-electron chi connectivity index (χ2n) is 30.3. The second kappa shape index (κ2) is 44.7. The molecule has 634 valence electrons. The summed E-state index contributed by atoms with van der Waals surface area (Å²) in [5.74, 6) is -16.2. The minimum atomic E-state index is -1.88. The summed E-state index contributed by atoms with van der Waals surface area (Å²) in [6.07, 6.45) is 0.441. The molecule has 7 rings (SSSR count). The van der Waals surface area contributed by atoms with Crippen LogP contribution >= 0.6 is 11.8 Å². The lowest BCUT2D eigenvalue weighted by molar-refractivity contribution is -0.150. The molecule has 1 aromatic heterocycles. The molecule has 10 atom stereocenters. The zero-order valence-electron chi connectivity index (χ0n) is 68.0. The van der Waals surface area contributed by atoms with Crippen molar-refractivity contribution >= 4 is 111 Å². The van der Waals surface area contributed by atoms with E-state index in [1.54, 1.807) is 119 Å². The number of H-pyrrole nitrogens is 1. The highest BCUT2D eigenvalue weighted by atomic mass is 32.2. The number of hydrogen-bond acceptors (Lipinski definition) is 18. The van der Waals surface area contributed by atoms with Gasteiger partial charge in [-0.3, -0.25) is 71.9 Å². The summed E-state index contributed by atoms with van der Waals surface area (Å²) in [5, 5.41) is 52.6. The molecule has 14 amide bonds. The molecular formula is C84H109N15O18S. The number of likely N-dealkylation sites (N-methyl/N-ethyl adjacent to an activating group) is 5. The van der Waals surface area contributed by atoms with E-state index in [0.29, 0.717) is 51.6 Å². The number of phenolic OH excluding ortho intramolecular Hbond substituents is 2. The minimum Gasteiger partial charge on any atom is -0.508 e. The van der Waals surface area contributed by atoms with Crippen LogP contribution in [0, 0.1) is 11.8 Å². The van der Waals surface area contributed by atoms with Crippen molar-refractivity contribution < 1.29 is 87.2 Å². The molecule has 118 heavy (non-hydrogen) atoms. The first-order valence-corrected chi connectivity index (χ1v) is 40.1. The Morgan fingerprint density at radius 2 is 0.992 bits per heavy atom. The number of phenols is 2. The third-order valence-electron chi connectivity index (χ3n) is 20.2. The maximum atomic E-state index is 15.3. The predicted octanol–water partition coefficient (Wildman–Crippen LogP) is 1.60. The number of aromatic amines is 1. The molecule has 14 N–H and O–H groups in total. The van der Waals surface area contributed by atoms with Gasteiger partial charge in [-0.25, -0.2) is 0 Å². The second-order valence-corrected chi connectivity index (χ2v) is 31.3. The van der Waals surface area contributed by atoms with Gasteiger partial charge in [-0.05, 0) is 82.8 Å². The number of benzene rings is 5. The molecular weight excluding hydrogens is 1540 g/mol. The van der Waals surface area contributed by atoms with E-state index in [0.717, 1.165) is 26.5 Å². The van der Waals surface area contributed by atoms with Crippen LogP contribution in [0.2, 0.25) is 0 Å². The Hall–Kier alpha value is -12.4. The van der Waals surface area contributed by atoms with Crippen molar-refractivity contribution in [3.63, 3.8) is 0 Å². The lowest BCUT2D eigenvalue weighted by atomic mass is 9.98. The van der Waals surface area contributed by atoms with E-state index in [9.17, 15) is 58.5 Å². The number of fused-ring (bicyclic) bond motifs is 1. The third-order valence-corrected chi connectivity index (χ3v) is 21.2. The van der Waals surface area contributed by atoms with Gasteiger partial charge in [-0.1, -0.05) is 151 Å². The Morgan fingerprint density at radius 3 is 1.54 bits per heavy atom. The van der Waals surface area contributed by atoms with Gasteiger partial charge >= 0.3 is 5.97 Å². The Bertz CT molecular complexity index is 4510. The number of thioether (sulfide) groups is 1. The fourth-order valence-electron chi connectivity index (χ4n) is 13.5. The number of carboxylic acids is 1. The number of amides is 14. The van der Waals surface area contributed by atoms with Crippen molar-refractivity contribution in [1.82, 2.24) is 72.0 Å². The number of rotatable bonds is 21. The fourth-order valence-corrected chi connectivity index (χ4v) is 14.5. The van der Waals surface area contributed by atoms with E-state index in [1.165, 1.54) is 93.6 Å². The van der Waals surface area contributed by atoms with Crippen LogP contribution in [0.1, 0.15) is 94.5 Å². The predicted molar refractivity (Wildman–Crippen MR) is 440 cm³/mol. The number of carboxylic acid groups (broad SMARTS) is 1. The molecule has 0 radical (unpaired) electrons. The lowest BCUT2D eigenvalue weighted by Gasteiger charge is -2.36. The van der Waals surface area contributed by atoms with Crippen LogP contribution in [0.15, 0.2) is 140 Å². The number of nitrogens with one attached hydrogen (secondary N) is 9. The number of hydrogen-bond donors (Lipinski definition) is 13. The van der Waals surface area contributed by atoms with Crippen molar-refractivity contribution in [3.05, 3.63) is 167 Å². The SMILES string of the molecule is CCCC[C@H]1C(=O)N(C)CC(=O)N[C@@H](CC(=O)O)C(=O)N[C@@H](C(C)C)C(=O)N(C)[C@@H](Cc2ccccc2)C(=O)N[C@@H](Cc2ccc(O)cc2)C(=O)N(C)CC(=O)N[C@@H](Cc2c[nH]c3ccccc23)C(=O)N[C@@H](Cc2ccc(O)cc2)C(=O)N[C@@H](CC(C)C)C(=O)N[C@H](C(=O)NCC(N)=O)CSCC(=O)N(C)[C@@H](Cc2ccccc2)C(=O)N1C. The number of nitrogens with zero attached hydrogens (tertiary/aromatic N) is 5. The number of aromatic hydroxyl groups is 2. The molecule has 5 aromatic carbocycles. The molecule has 0 aliphatic carbocycles. The molecule has 1 saturated heterocycles. The van der Waals surface area contributed by atoms with Gasteiger partial charge in [0.25, 0.3) is 0 Å². The first-order chi connectivity index (χ1) is 56.0. The summed E-state index contributed by atoms with van der Waals surface area (Å²) in [5.41, 5.74) is 8.59. The molecule has 1 aliphatic rings. The molecule has 33 nitrogen and oxygen atoms in total. The van der Waals surface area contributed by atoms with E-state index >= 15 is 28.8 Å². The Morgan fingerprint density at radius 1 is 0.508 bits per heavy atom. The third kappa shape index (κ3) is 27.7. The van der Waals surface area contributed by atoms with Crippen LogP contribution in [-0.2, 0) is 104 Å². The molecule has 34 heteroatoms. The lowest BCUT2D eigenvalue weighted by Crippen LogP contribution is -2.61. The number of primary amides is 1. The Kier molecular flexibility index (Phi) is 35.1. The Balaban J connectivity index is 1.33. The molecule has 0 bridgehead atoms. The average Bonchev–Trinajstić information content (AvgIpc) is 1.46. The van der Waals surface area contributed by atoms with Gasteiger partial charge in [0.05, 0.1) is 31.8 Å². The molecule has 2 heterocycles. The average molecular weight is 1650 g/mol. The highest BCUT2D eigenvalue weighted by molar-refractivity contribution is 8.00. The summed E-state index contributed by atoms with van der Waals surface area (Å²) in [6.45, 7) is 6.25. The van der Waals surface area contributed by atoms with Crippen LogP contribution in [0.4, 0.5) is 0 Å². The van der Waals surface area contributed by atoms with Crippen LogP contribution in [0.3, 0.4) is 0 Å². The summed E-state index contributed by atoms with van der Waals surface area (Å²) in [7, 11) is 6.56. The standard InChI is InChI=1S/C84H109N15O18S/c1-11-12-27-66-82(115)96(7)46-71(104)89-63(42-73(106)107)79(112)94-74(50(4)5)84(117)99(10)67(39-51-21-15-13-16-22-51)80(113)92-64(38-54-30-34-57(101)35-31-54)81(114)95(6)45-70(103)88-62(41-55-43-86-59-26-20-19-25-58(55)59)78(111)91-61(37-53-28-32-56(100)33-29-53)77(110)90-60(36-49(2)3)76(109)93-65(75(108)87-44-69(85)102)47-118-48-72(105)97(8)68(83(116)98(66)9)40-52-23-17-14-18-24-52/h13-26,28-35,43,49-50,60-68,74,86,100-101H,11-12,27,36-42,44-48H2,1-10H3,(H2,85,102)(H,87,108)(H,88,103)(H,89,104)(H,90,110)(H,91,111)(H,92,113)(H,93,109)(H,94,112)(H,106,107)/t60-,61-,62-,63-,64-,65-,66-,67-,68-,74-/m0/s1. The number of carbonyl (C=O) groups excluding carboxylic acids is 14. The van der Waals surface area contributed by atoms with Crippen molar-refractivity contribution in [2.45, 2.75) is 159 Å². The first-order valence-electron chi connectivity index (χ1n) is 39.0. The molecule has 0 saturated carbocycles. The minimum absolute atomic E-state index is 0.0545. The number of nitrogens with two attached hydrogens (primary N) is 1. The van der Waals surface area contributed by atoms with Crippen molar-refractivity contribution in [2.75, 3.05) is 66.4 Å². The van der Waals surface area contributed by atoms with Crippen molar-refractivity contribution in [3.8, 4) is 11.5 Å². The van der Waals surface area contributed by atoms with Gasteiger partial charge in [-0.15, -0.1) is 11.8 Å². The van der Waals surface area contributed by atoms with E-state index in [4.69, 9.17) is 5.73 Å². The van der Waals surface area contributed by atoms with E-state index in [1.807, 2.05) is 6.92 Å². The van der Waals surface area contributed by atoms with Crippen LogP contribution in [0.25, 0.3) is 10.9 Å². The Labute approximate surface area is 689 Å². The van der Waals surface area contributed by atoms with E-state index < -0.39 is 187 Å². The number of para-hydroxylation sites is 1. The maximum Gasteiger partial charge on any atom is 0.305 e. The maximum absolute atomic E-state index is 15.3. The van der Waals surface area contributed by atoms with E-state index in [2.05, 4.69) is 47.5 Å².